The van der Waals surface area contributed by atoms with E-state index in [-0.39, 0.29) is 33.7 Å². The van der Waals surface area contributed by atoms with Crippen LogP contribution in [0.25, 0.3) is 6.08 Å². The SMILES string of the molecule is COc1cc(/C=C2/C(=N)N3N=C(C(C)C)SC3=NC2=O)ccc1OS(=O)(=O)c1ccc(C)cc1. The lowest BCUT2D eigenvalue weighted by Gasteiger charge is -2.20. The number of aliphatic imine (C=N–C) groups is 1. The zero-order chi connectivity index (χ0) is 24.6. The van der Waals surface area contributed by atoms with E-state index in [1.54, 1.807) is 18.2 Å². The molecule has 0 atom stereocenters. The fourth-order valence-corrected chi connectivity index (χ4v) is 4.95. The molecule has 176 valence electrons. The average Bonchev–Trinajstić information content (AvgIpc) is 3.22. The van der Waals surface area contributed by atoms with E-state index in [2.05, 4.69) is 10.1 Å². The number of amidine groups is 2. The van der Waals surface area contributed by atoms with Gasteiger partial charge in [-0.15, -0.1) is 0 Å². The molecule has 1 N–H and O–H groups in total. The van der Waals surface area contributed by atoms with Gasteiger partial charge in [0.2, 0.25) is 5.17 Å². The smallest absolute Gasteiger partial charge is 0.339 e. The molecule has 0 saturated carbocycles. The van der Waals surface area contributed by atoms with Crippen LogP contribution in [-0.4, -0.2) is 42.5 Å². The van der Waals surface area contributed by atoms with Crippen LogP contribution in [0.15, 0.2) is 63.0 Å². The second-order valence-corrected chi connectivity index (χ2v) is 10.4. The summed E-state index contributed by atoms with van der Waals surface area (Å²) in [6.45, 7) is 5.80. The Morgan fingerprint density at radius 1 is 1.12 bits per heavy atom. The number of nitrogens with one attached hydrogen (secondary N) is 1. The van der Waals surface area contributed by atoms with Gasteiger partial charge >= 0.3 is 10.1 Å². The van der Waals surface area contributed by atoms with E-state index >= 15 is 0 Å². The Balaban J connectivity index is 1.62. The Morgan fingerprint density at radius 2 is 1.82 bits per heavy atom. The van der Waals surface area contributed by atoms with Gasteiger partial charge in [-0.05, 0) is 54.6 Å². The quantitative estimate of drug-likeness (QED) is 0.471. The van der Waals surface area contributed by atoms with Crippen molar-refractivity contribution in [3.05, 3.63) is 59.2 Å². The van der Waals surface area contributed by atoms with Gasteiger partial charge in [-0.3, -0.25) is 10.2 Å². The van der Waals surface area contributed by atoms with Crippen molar-refractivity contribution in [1.82, 2.24) is 5.01 Å². The molecule has 1 amide bonds. The van der Waals surface area contributed by atoms with Gasteiger partial charge in [0.25, 0.3) is 5.91 Å². The van der Waals surface area contributed by atoms with Crippen molar-refractivity contribution >= 4 is 49.9 Å². The number of rotatable bonds is 6. The van der Waals surface area contributed by atoms with Crippen LogP contribution in [0.1, 0.15) is 25.0 Å². The molecule has 0 bridgehead atoms. The second kappa shape index (κ2) is 9.07. The largest absolute Gasteiger partial charge is 0.493 e. The molecule has 2 heterocycles. The van der Waals surface area contributed by atoms with E-state index in [1.165, 1.54) is 54.2 Å². The molecule has 0 saturated heterocycles. The van der Waals surface area contributed by atoms with Crippen molar-refractivity contribution in [1.29, 1.82) is 5.41 Å². The maximum Gasteiger partial charge on any atom is 0.339 e. The summed E-state index contributed by atoms with van der Waals surface area (Å²) < 4.78 is 35.9. The number of thioether (sulfide) groups is 1. The lowest BCUT2D eigenvalue weighted by atomic mass is 10.1. The fraction of sp³-hybridized carbons (Fsp3) is 0.217. The van der Waals surface area contributed by atoms with E-state index in [0.29, 0.717) is 10.7 Å². The van der Waals surface area contributed by atoms with Crippen molar-refractivity contribution in [3.63, 3.8) is 0 Å². The van der Waals surface area contributed by atoms with E-state index in [4.69, 9.17) is 14.3 Å². The van der Waals surface area contributed by atoms with Crippen LogP contribution in [0.4, 0.5) is 0 Å². The molecule has 0 aromatic heterocycles. The highest BCUT2D eigenvalue weighted by atomic mass is 32.2. The molecule has 0 spiro atoms. The van der Waals surface area contributed by atoms with Gasteiger partial charge in [0.15, 0.2) is 17.3 Å². The Kier molecular flexibility index (Phi) is 6.32. The molecule has 9 nitrogen and oxygen atoms in total. The lowest BCUT2D eigenvalue weighted by Crippen LogP contribution is -2.35. The fourth-order valence-electron chi connectivity index (χ4n) is 3.12. The second-order valence-electron chi connectivity index (χ2n) is 7.87. The van der Waals surface area contributed by atoms with Gasteiger partial charge in [0.1, 0.15) is 9.94 Å². The third-order valence-corrected chi connectivity index (χ3v) is 7.43. The summed E-state index contributed by atoms with van der Waals surface area (Å²) in [6, 6.07) is 10.8. The molecule has 0 unspecified atom stereocenters. The Labute approximate surface area is 201 Å². The normalized spacial score (nSPS) is 17.1. The van der Waals surface area contributed by atoms with Crippen molar-refractivity contribution in [3.8, 4) is 11.5 Å². The molecule has 2 aliphatic heterocycles. The molecule has 0 aliphatic carbocycles. The minimum atomic E-state index is -4.07. The molecule has 0 fully saturated rings. The van der Waals surface area contributed by atoms with Crippen LogP contribution >= 0.6 is 11.8 Å². The van der Waals surface area contributed by atoms with Gasteiger partial charge in [0, 0.05) is 5.92 Å². The van der Waals surface area contributed by atoms with E-state index in [1.807, 2.05) is 20.8 Å². The number of carbonyl (C=O) groups excluding carboxylic acids is 1. The van der Waals surface area contributed by atoms with Crippen molar-refractivity contribution < 1.29 is 22.1 Å². The van der Waals surface area contributed by atoms with Gasteiger partial charge in [-0.2, -0.15) is 23.5 Å². The molecular formula is C23H22N4O5S2. The van der Waals surface area contributed by atoms with Crippen molar-refractivity contribution in [2.24, 2.45) is 16.0 Å². The summed E-state index contributed by atoms with van der Waals surface area (Å²) in [5.41, 5.74) is 1.48. The van der Waals surface area contributed by atoms with Crippen LogP contribution in [0.3, 0.4) is 0 Å². The zero-order valence-corrected chi connectivity index (χ0v) is 20.5. The van der Waals surface area contributed by atoms with Crippen LogP contribution < -0.4 is 8.92 Å². The molecule has 2 aliphatic rings. The van der Waals surface area contributed by atoms with Crippen LogP contribution in [-0.2, 0) is 14.9 Å². The molecular weight excluding hydrogens is 476 g/mol. The van der Waals surface area contributed by atoms with Crippen molar-refractivity contribution in [2.45, 2.75) is 25.7 Å². The number of hydrazone groups is 1. The zero-order valence-electron chi connectivity index (χ0n) is 18.9. The maximum atomic E-state index is 12.7. The Hall–Kier alpha value is -3.44. The summed E-state index contributed by atoms with van der Waals surface area (Å²) in [5, 5.41) is 15.3. The number of carbonyl (C=O) groups is 1. The first-order chi connectivity index (χ1) is 16.1. The molecule has 34 heavy (non-hydrogen) atoms. The number of fused-ring (bicyclic) bond motifs is 1. The average molecular weight is 499 g/mol. The maximum absolute atomic E-state index is 12.7. The Morgan fingerprint density at radius 3 is 2.47 bits per heavy atom. The van der Waals surface area contributed by atoms with Crippen molar-refractivity contribution in [2.75, 3.05) is 7.11 Å². The molecule has 4 rings (SSSR count). The summed E-state index contributed by atoms with van der Waals surface area (Å²) in [7, 11) is -2.69. The topological polar surface area (TPSA) is 121 Å². The summed E-state index contributed by atoms with van der Waals surface area (Å²) in [6.07, 6.45) is 1.49. The number of methoxy groups -OCH3 is 1. The predicted octanol–water partition coefficient (Wildman–Crippen LogP) is 4.05. The minimum absolute atomic E-state index is 0.00213. The number of benzene rings is 2. The molecule has 11 heteroatoms. The number of ether oxygens (including phenoxy) is 1. The lowest BCUT2D eigenvalue weighted by molar-refractivity contribution is -0.114. The number of hydrogen-bond donors (Lipinski definition) is 1. The van der Waals surface area contributed by atoms with E-state index in [0.717, 1.165) is 10.6 Å². The highest BCUT2D eigenvalue weighted by Gasteiger charge is 2.36. The van der Waals surface area contributed by atoms with Gasteiger partial charge < -0.3 is 8.92 Å². The number of aryl methyl sites for hydroxylation is 1. The number of nitrogens with zero attached hydrogens (tertiary/aromatic N) is 3. The summed E-state index contributed by atoms with van der Waals surface area (Å²) in [5.74, 6) is -0.343. The van der Waals surface area contributed by atoms with E-state index < -0.39 is 16.0 Å². The van der Waals surface area contributed by atoms with Gasteiger partial charge in [0.05, 0.1) is 12.7 Å². The van der Waals surface area contributed by atoms with Crippen LogP contribution in [0, 0.1) is 18.3 Å². The minimum Gasteiger partial charge on any atom is -0.493 e. The first-order valence-electron chi connectivity index (χ1n) is 10.3. The summed E-state index contributed by atoms with van der Waals surface area (Å²) >= 11 is 1.27. The Bertz CT molecular complexity index is 1380. The highest BCUT2D eigenvalue weighted by molar-refractivity contribution is 8.27. The van der Waals surface area contributed by atoms with Gasteiger partial charge in [-0.1, -0.05) is 37.6 Å². The molecule has 2 aromatic carbocycles. The molecule has 0 radical (unpaired) electrons. The number of amides is 1. The summed E-state index contributed by atoms with van der Waals surface area (Å²) in [4.78, 5) is 16.7. The monoisotopic (exact) mass is 498 g/mol. The van der Waals surface area contributed by atoms with Gasteiger partial charge in [-0.25, -0.2) is 0 Å². The highest BCUT2D eigenvalue weighted by Crippen LogP contribution is 2.34. The standard InChI is InChI=1S/C23H22N4O5S2/c1-13(2)22-26-27-20(24)17(21(28)25-23(27)33-22)11-15-7-10-18(19(12-15)31-4)32-34(29,30)16-8-5-14(3)6-9-16/h5-13,24H,1-4H3/b17-11-,24-20?. The third kappa shape index (κ3) is 4.62. The van der Waals surface area contributed by atoms with Crippen LogP contribution in [0.5, 0.6) is 11.5 Å². The third-order valence-electron chi connectivity index (χ3n) is 4.97. The first kappa shape index (κ1) is 23.7. The first-order valence-corrected chi connectivity index (χ1v) is 12.5. The van der Waals surface area contributed by atoms with Crippen LogP contribution in [0.2, 0.25) is 0 Å². The molecule has 2 aromatic rings. The predicted molar refractivity (Wildman–Crippen MR) is 132 cm³/mol. The van der Waals surface area contributed by atoms with E-state index in [9.17, 15) is 13.2 Å². The number of hydrogen-bond acceptors (Lipinski definition) is 8.